The van der Waals surface area contributed by atoms with E-state index in [0.29, 0.717) is 11.3 Å². The lowest BCUT2D eigenvalue weighted by atomic mass is 9.85. The molecule has 1 aliphatic heterocycles. The molecule has 1 saturated heterocycles. The summed E-state index contributed by atoms with van der Waals surface area (Å²) in [4.78, 5) is 57.0. The number of carbonyl (C=O) groups is 4. The molecule has 2 atom stereocenters. The third-order valence-electron chi connectivity index (χ3n) is 7.22. The number of rotatable bonds is 9. The van der Waals surface area contributed by atoms with E-state index in [-0.39, 0.29) is 25.8 Å². The van der Waals surface area contributed by atoms with Crippen LogP contribution in [0.3, 0.4) is 0 Å². The number of hydrogen-bond donors (Lipinski definition) is 2. The van der Waals surface area contributed by atoms with Crippen molar-refractivity contribution < 1.29 is 36.7 Å². The number of hydrogen-bond acceptors (Lipinski definition) is 5. The Hall–Kier alpha value is -3.83. The maximum Gasteiger partial charge on any atom is 0.289 e. The smallest absolute Gasteiger partial charge is 0.289 e. The molecule has 0 radical (unpaired) electrons. The van der Waals surface area contributed by atoms with Crippen molar-refractivity contribution in [3.8, 4) is 0 Å². The second-order valence-electron chi connectivity index (χ2n) is 10.3. The van der Waals surface area contributed by atoms with Crippen LogP contribution in [0.2, 0.25) is 0 Å². The molecule has 1 saturated carbocycles. The minimum Gasteiger partial charge on any atom is -0.344 e. The Balaban J connectivity index is 1.48. The van der Waals surface area contributed by atoms with Gasteiger partial charge in [0.05, 0.1) is 18.8 Å². The second kappa shape index (κ2) is 12.1. The molecule has 0 bridgehead atoms. The number of likely N-dealkylation sites (tertiary alicyclic amines) is 1. The molecule has 1 aliphatic carbocycles. The van der Waals surface area contributed by atoms with E-state index in [1.165, 1.54) is 6.20 Å². The number of aromatic nitrogens is 1. The number of Topliss-reactive ketones (excluding diaryl/α,β-unsaturated/α-hetero) is 1. The van der Waals surface area contributed by atoms with Gasteiger partial charge in [0.2, 0.25) is 23.5 Å². The van der Waals surface area contributed by atoms with Crippen LogP contribution < -0.4 is 10.6 Å². The van der Waals surface area contributed by atoms with Gasteiger partial charge in [0, 0.05) is 37.8 Å². The van der Waals surface area contributed by atoms with Crippen LogP contribution >= 0.6 is 0 Å². The molecule has 40 heavy (non-hydrogen) atoms. The number of nitrogens with one attached hydrogen (secondary N) is 2. The first kappa shape index (κ1) is 29.2. The number of alkyl halides is 4. The minimum absolute atomic E-state index is 0.0466. The maximum absolute atomic E-state index is 14.5. The lowest BCUT2D eigenvalue weighted by Gasteiger charge is -2.32. The van der Waals surface area contributed by atoms with E-state index in [1.807, 2.05) is 0 Å². The SMILES string of the molecule is O=C(NCc1ccccn1)C(=O)[C@@H](Cc1ccccc1)NC(=O)[C@H]1CC(F)(F)CN1C(=O)C1CCC(F)(F)CC1. The Kier molecular flexibility index (Phi) is 8.85. The molecular weight excluding hydrogens is 532 g/mol. The molecule has 4 rings (SSSR count). The Morgan fingerprint density at radius 1 is 0.950 bits per heavy atom. The van der Waals surface area contributed by atoms with E-state index >= 15 is 0 Å². The van der Waals surface area contributed by atoms with Crippen LogP contribution in [-0.2, 0) is 32.1 Å². The van der Waals surface area contributed by atoms with Gasteiger partial charge in [0.1, 0.15) is 12.1 Å². The fourth-order valence-electron chi connectivity index (χ4n) is 5.05. The molecule has 2 fully saturated rings. The molecule has 2 heterocycles. The fourth-order valence-corrected chi connectivity index (χ4v) is 5.05. The molecule has 2 aliphatic rings. The van der Waals surface area contributed by atoms with Crippen molar-refractivity contribution in [2.75, 3.05) is 6.54 Å². The van der Waals surface area contributed by atoms with E-state index in [2.05, 4.69) is 15.6 Å². The van der Waals surface area contributed by atoms with Crippen molar-refractivity contribution in [1.29, 1.82) is 0 Å². The van der Waals surface area contributed by atoms with Gasteiger partial charge in [-0.1, -0.05) is 36.4 Å². The summed E-state index contributed by atoms with van der Waals surface area (Å²) in [7, 11) is 0. The molecule has 2 N–H and O–H groups in total. The van der Waals surface area contributed by atoms with Gasteiger partial charge >= 0.3 is 0 Å². The summed E-state index contributed by atoms with van der Waals surface area (Å²) < 4.78 is 56.1. The van der Waals surface area contributed by atoms with Crippen molar-refractivity contribution in [3.05, 3.63) is 66.0 Å². The number of pyridine rings is 1. The molecule has 2 aromatic rings. The largest absolute Gasteiger partial charge is 0.344 e. The van der Waals surface area contributed by atoms with Gasteiger partial charge in [-0.3, -0.25) is 24.2 Å². The first-order valence-corrected chi connectivity index (χ1v) is 13.1. The predicted octanol–water partition coefficient (Wildman–Crippen LogP) is 3.06. The zero-order chi connectivity index (χ0) is 28.9. The van der Waals surface area contributed by atoms with Crippen molar-refractivity contribution >= 4 is 23.5 Å². The van der Waals surface area contributed by atoms with Gasteiger partial charge in [-0.15, -0.1) is 0 Å². The number of ketones is 1. The summed E-state index contributed by atoms with van der Waals surface area (Å²) in [5.74, 6) is -11.0. The van der Waals surface area contributed by atoms with Crippen molar-refractivity contribution in [2.24, 2.45) is 5.92 Å². The van der Waals surface area contributed by atoms with Crippen molar-refractivity contribution in [2.45, 2.75) is 69.0 Å². The molecule has 1 aromatic heterocycles. The van der Waals surface area contributed by atoms with E-state index in [1.54, 1.807) is 48.5 Å². The van der Waals surface area contributed by atoms with Gasteiger partial charge in [0.25, 0.3) is 11.8 Å². The lowest BCUT2D eigenvalue weighted by molar-refractivity contribution is -0.146. The van der Waals surface area contributed by atoms with E-state index in [0.717, 1.165) is 4.90 Å². The van der Waals surface area contributed by atoms with Gasteiger partial charge in [0.15, 0.2) is 0 Å². The topological polar surface area (TPSA) is 108 Å². The van der Waals surface area contributed by atoms with Crippen LogP contribution in [0, 0.1) is 5.92 Å². The maximum atomic E-state index is 14.5. The Bertz CT molecular complexity index is 1220. The van der Waals surface area contributed by atoms with E-state index in [4.69, 9.17) is 0 Å². The molecule has 8 nitrogen and oxygen atoms in total. The summed E-state index contributed by atoms with van der Waals surface area (Å²) >= 11 is 0. The normalized spacial score (nSPS) is 20.9. The average molecular weight is 563 g/mol. The number of benzene rings is 1. The van der Waals surface area contributed by atoms with Crippen LogP contribution in [0.1, 0.15) is 43.4 Å². The highest BCUT2D eigenvalue weighted by Crippen LogP contribution is 2.39. The number of halogens is 4. The predicted molar refractivity (Wildman–Crippen MR) is 135 cm³/mol. The zero-order valence-electron chi connectivity index (χ0n) is 21.6. The number of nitrogens with zero attached hydrogens (tertiary/aromatic N) is 2. The Morgan fingerprint density at radius 2 is 1.62 bits per heavy atom. The molecule has 3 amide bonds. The summed E-state index contributed by atoms with van der Waals surface area (Å²) in [6.07, 6.45) is -0.979. The molecule has 0 spiro atoms. The molecule has 1 aromatic carbocycles. The number of carbonyl (C=O) groups excluding carboxylic acids is 4. The van der Waals surface area contributed by atoms with Gasteiger partial charge < -0.3 is 15.5 Å². The Labute approximate surface area is 228 Å². The fraction of sp³-hybridized carbons (Fsp3) is 0.464. The average Bonchev–Trinajstić information content (AvgIpc) is 3.27. The highest BCUT2D eigenvalue weighted by atomic mass is 19.3. The first-order valence-electron chi connectivity index (χ1n) is 13.1. The lowest BCUT2D eigenvalue weighted by Crippen LogP contribution is -2.54. The van der Waals surface area contributed by atoms with Crippen molar-refractivity contribution in [3.63, 3.8) is 0 Å². The molecule has 214 valence electrons. The highest BCUT2D eigenvalue weighted by molar-refractivity contribution is 6.38. The third kappa shape index (κ3) is 7.42. The van der Waals surface area contributed by atoms with Crippen LogP contribution in [0.25, 0.3) is 0 Å². The number of amides is 3. The quantitative estimate of drug-likeness (QED) is 0.361. The molecule has 12 heteroatoms. The highest BCUT2D eigenvalue weighted by Gasteiger charge is 2.52. The van der Waals surface area contributed by atoms with Crippen LogP contribution in [-0.4, -0.2) is 63.9 Å². The third-order valence-corrected chi connectivity index (χ3v) is 7.22. The summed E-state index contributed by atoms with van der Waals surface area (Å²) in [6.45, 7) is -1.08. The first-order chi connectivity index (χ1) is 18.9. The standard InChI is InChI=1S/C28H30F4N4O4/c29-27(30)11-9-19(10-12-27)26(40)36-17-28(31,32)15-22(36)24(38)35-21(14-18-6-2-1-3-7-18)23(37)25(39)34-16-20-8-4-5-13-33-20/h1-8,13,19,21-22H,9-12,14-17H2,(H,34,39)(H,35,38)/t21-,22-/m1/s1. The molecular formula is C28H30F4N4O4. The monoisotopic (exact) mass is 562 g/mol. The van der Waals surface area contributed by atoms with Crippen molar-refractivity contribution in [1.82, 2.24) is 20.5 Å². The van der Waals surface area contributed by atoms with Crippen LogP contribution in [0.4, 0.5) is 17.6 Å². The van der Waals surface area contributed by atoms with E-state index < -0.39 is 79.2 Å². The summed E-state index contributed by atoms with van der Waals surface area (Å²) in [5.41, 5.74) is 1.10. The Morgan fingerprint density at radius 3 is 2.27 bits per heavy atom. The summed E-state index contributed by atoms with van der Waals surface area (Å²) in [5, 5.41) is 4.86. The van der Waals surface area contributed by atoms with Crippen LogP contribution in [0.15, 0.2) is 54.7 Å². The summed E-state index contributed by atoms with van der Waals surface area (Å²) in [6, 6.07) is 10.5. The minimum atomic E-state index is -3.38. The van der Waals surface area contributed by atoms with Crippen LogP contribution in [0.5, 0.6) is 0 Å². The second-order valence-corrected chi connectivity index (χ2v) is 10.3. The zero-order valence-corrected chi connectivity index (χ0v) is 21.6. The molecule has 0 unspecified atom stereocenters. The van der Waals surface area contributed by atoms with Gasteiger partial charge in [-0.05, 0) is 30.5 Å². The van der Waals surface area contributed by atoms with Gasteiger partial charge in [-0.2, -0.15) is 0 Å². The van der Waals surface area contributed by atoms with Gasteiger partial charge in [-0.25, -0.2) is 17.6 Å². The van der Waals surface area contributed by atoms with E-state index in [9.17, 15) is 36.7 Å².